The van der Waals surface area contributed by atoms with E-state index in [2.05, 4.69) is 52.6 Å². The average Bonchev–Trinajstić information content (AvgIpc) is 3.91. The van der Waals surface area contributed by atoms with Crippen LogP contribution < -0.4 is 10.1 Å². The summed E-state index contributed by atoms with van der Waals surface area (Å²) in [6, 6.07) is 6.83. The number of aromatic amines is 1. The number of aliphatic carboxylic acids is 2. The number of hydrogen-bond acceptors (Lipinski definition) is 9. The maximum Gasteiger partial charge on any atom is 0.490 e. The van der Waals surface area contributed by atoms with Gasteiger partial charge in [-0.1, -0.05) is 0 Å². The number of aromatic nitrogens is 5. The number of halogens is 7. The van der Waals surface area contributed by atoms with Gasteiger partial charge in [-0.2, -0.15) is 41.8 Å². The summed E-state index contributed by atoms with van der Waals surface area (Å²) in [6.07, 6.45) is -2.45. The first-order valence-corrected chi connectivity index (χ1v) is 18.2. The van der Waals surface area contributed by atoms with Gasteiger partial charge in [-0.3, -0.25) is 14.7 Å². The summed E-state index contributed by atoms with van der Waals surface area (Å²) < 4.78 is 89.3. The van der Waals surface area contributed by atoms with Crippen LogP contribution in [0.1, 0.15) is 61.8 Å². The second kappa shape index (κ2) is 17.1. The first-order valence-electron chi connectivity index (χ1n) is 18.2. The summed E-state index contributed by atoms with van der Waals surface area (Å²) in [5.74, 6) is -5.47. The quantitative estimate of drug-likeness (QED) is 0.124. The van der Waals surface area contributed by atoms with Crippen molar-refractivity contribution in [2.45, 2.75) is 96.4 Å². The number of H-pyrrole nitrogens is 1. The van der Waals surface area contributed by atoms with Gasteiger partial charge in [-0.25, -0.2) is 19.0 Å². The van der Waals surface area contributed by atoms with E-state index >= 15 is 4.39 Å². The van der Waals surface area contributed by atoms with Crippen molar-refractivity contribution in [1.29, 1.82) is 5.26 Å². The fraction of sp³-hybridized carbons (Fsp3) is 0.474. The van der Waals surface area contributed by atoms with E-state index in [1.54, 1.807) is 6.20 Å². The van der Waals surface area contributed by atoms with Crippen LogP contribution >= 0.6 is 0 Å². The van der Waals surface area contributed by atoms with Gasteiger partial charge < -0.3 is 20.3 Å². The first kappa shape index (κ1) is 43.6. The van der Waals surface area contributed by atoms with Gasteiger partial charge in [0.1, 0.15) is 11.6 Å². The fourth-order valence-electron chi connectivity index (χ4n) is 7.59. The maximum absolute atomic E-state index is 17.2. The lowest BCUT2D eigenvalue weighted by molar-refractivity contribution is -0.193. The summed E-state index contributed by atoms with van der Waals surface area (Å²) in [5.41, 5.74) is 6.26. The van der Waals surface area contributed by atoms with Crippen LogP contribution in [0.25, 0.3) is 43.8 Å². The van der Waals surface area contributed by atoms with Gasteiger partial charge in [0.2, 0.25) is 5.88 Å². The molecule has 0 saturated carbocycles. The number of carbonyl (C=O) groups is 2. The molecule has 4 atom stereocenters. The van der Waals surface area contributed by atoms with E-state index in [9.17, 15) is 31.6 Å². The van der Waals surface area contributed by atoms with E-state index in [4.69, 9.17) is 34.6 Å². The van der Waals surface area contributed by atoms with E-state index in [0.29, 0.717) is 17.9 Å². The molecule has 0 bridgehead atoms. The molecule has 58 heavy (non-hydrogen) atoms. The van der Waals surface area contributed by atoms with E-state index in [0.717, 1.165) is 88.2 Å². The molecule has 2 aliphatic rings. The van der Waals surface area contributed by atoms with Gasteiger partial charge in [0.25, 0.3) is 0 Å². The zero-order valence-corrected chi connectivity index (χ0v) is 32.0. The molecule has 0 spiro atoms. The molecular formula is C38H41F7N8O5. The van der Waals surface area contributed by atoms with E-state index in [1.165, 1.54) is 0 Å². The topological polar surface area (TPSA) is 182 Å². The standard InChI is InChI=1S/C34H39FN8O.2C2HF3O2/c1-18-14-27-25(16-38-41-27)30(20(18)3)29-19(2)13-24-32(31(29)35)40-34(44-21(4)28-7-6-12-42(28)5)26-17-39-43(33(24)26)23-9-11-37-22(15-23)8-10-36;2*3-2(4,5)1(6)7/h13-14,16-17,21-23,28,37H,6-9,11-12,15H2,1-5H3,(H,38,41);2*(H,6,7)/t21-,22+,23-,28-;;/m0../s1. The molecule has 7 rings (SSSR count). The number of hydrogen-bond donors (Lipinski definition) is 4. The molecule has 5 aromatic rings. The molecule has 5 heterocycles. The number of likely N-dealkylation sites (tertiary alicyclic amines) is 1. The van der Waals surface area contributed by atoms with Gasteiger partial charge in [-0.15, -0.1) is 0 Å². The van der Waals surface area contributed by atoms with Crippen LogP contribution in [-0.4, -0.2) is 103 Å². The smallest absolute Gasteiger partial charge is 0.475 e. The SMILES string of the molecule is Cc1cc2[nH]ncc2c(-c2c(C)cc3c(nc(O[C@@H](C)[C@@H]4CCCN4C)c4cnn([C@H]5CCN[C@H](CC#N)C5)c43)c2F)c1C.O=C(O)C(F)(F)F.O=C(O)C(F)(F)F. The van der Waals surface area contributed by atoms with E-state index < -0.39 is 24.3 Å². The largest absolute Gasteiger partial charge is 0.490 e. The number of rotatable bonds is 6. The molecule has 0 unspecified atom stereocenters. The number of ether oxygens (including phenoxy) is 1. The van der Waals surface area contributed by atoms with Crippen LogP contribution in [0.4, 0.5) is 30.7 Å². The second-order valence-electron chi connectivity index (χ2n) is 14.4. The van der Waals surface area contributed by atoms with Crippen LogP contribution in [0.5, 0.6) is 5.88 Å². The lowest BCUT2D eigenvalue weighted by Crippen LogP contribution is -2.38. The lowest BCUT2D eigenvalue weighted by Gasteiger charge is -2.30. The van der Waals surface area contributed by atoms with Crippen LogP contribution in [0, 0.1) is 37.9 Å². The monoisotopic (exact) mass is 822 g/mol. The summed E-state index contributed by atoms with van der Waals surface area (Å²) in [4.78, 5) is 25.1. The summed E-state index contributed by atoms with van der Waals surface area (Å²) in [7, 11) is 2.13. The highest BCUT2D eigenvalue weighted by Crippen LogP contribution is 2.43. The minimum Gasteiger partial charge on any atom is -0.475 e. The van der Waals surface area contributed by atoms with E-state index in [-0.39, 0.29) is 35.6 Å². The van der Waals surface area contributed by atoms with Crippen LogP contribution in [0.2, 0.25) is 0 Å². The van der Waals surface area contributed by atoms with Gasteiger partial charge in [0, 0.05) is 28.4 Å². The van der Waals surface area contributed by atoms with Crippen molar-refractivity contribution in [1.82, 2.24) is 35.2 Å². The number of likely N-dealkylation sites (N-methyl/N-ethyl adjacent to an activating group) is 1. The number of nitriles is 1. The Morgan fingerprint density at radius 3 is 2.24 bits per heavy atom. The Kier molecular flexibility index (Phi) is 12.9. The Hall–Kier alpha value is -5.55. The highest BCUT2D eigenvalue weighted by molar-refractivity contribution is 6.09. The van der Waals surface area contributed by atoms with Crippen molar-refractivity contribution in [3.63, 3.8) is 0 Å². The molecule has 0 aliphatic carbocycles. The third kappa shape index (κ3) is 9.10. The maximum atomic E-state index is 17.2. The van der Waals surface area contributed by atoms with Gasteiger partial charge in [0.05, 0.1) is 47.3 Å². The number of benzene rings is 2. The van der Waals surface area contributed by atoms with Crippen molar-refractivity contribution in [3.05, 3.63) is 47.0 Å². The number of carboxylic acids is 2. The minimum absolute atomic E-state index is 0.0663. The summed E-state index contributed by atoms with van der Waals surface area (Å²) >= 11 is 0. The predicted molar refractivity (Wildman–Crippen MR) is 198 cm³/mol. The lowest BCUT2D eigenvalue weighted by atomic mass is 9.89. The Balaban J connectivity index is 0.000000393. The predicted octanol–water partition coefficient (Wildman–Crippen LogP) is 7.53. The number of alkyl halides is 6. The number of carboxylic acid groups (broad SMARTS) is 2. The van der Waals surface area contributed by atoms with Crippen molar-refractivity contribution in [2.75, 3.05) is 20.1 Å². The molecule has 2 fully saturated rings. The zero-order chi connectivity index (χ0) is 42.9. The summed E-state index contributed by atoms with van der Waals surface area (Å²) in [5, 5.41) is 41.7. The van der Waals surface area contributed by atoms with Crippen molar-refractivity contribution >= 4 is 44.6 Å². The molecule has 4 N–H and O–H groups in total. The molecule has 0 amide bonds. The van der Waals surface area contributed by atoms with Crippen LogP contribution in [0.15, 0.2) is 24.5 Å². The average molecular weight is 823 g/mol. The molecule has 13 nitrogen and oxygen atoms in total. The van der Waals surface area contributed by atoms with Crippen molar-refractivity contribution in [3.8, 4) is 23.1 Å². The second-order valence-corrected chi connectivity index (χ2v) is 14.4. The summed E-state index contributed by atoms with van der Waals surface area (Å²) in [6.45, 7) is 9.95. The first-order chi connectivity index (χ1) is 27.1. The van der Waals surface area contributed by atoms with Crippen LogP contribution in [0.3, 0.4) is 0 Å². The molecule has 2 aliphatic heterocycles. The third-order valence-electron chi connectivity index (χ3n) is 10.5. The minimum atomic E-state index is -5.08. The van der Waals surface area contributed by atoms with Gasteiger partial charge in [0.15, 0.2) is 5.82 Å². The number of pyridine rings is 1. The normalized spacial score (nSPS) is 19.3. The third-order valence-corrected chi connectivity index (χ3v) is 10.5. The number of fused-ring (bicyclic) bond motifs is 4. The molecule has 2 saturated heterocycles. The van der Waals surface area contributed by atoms with Gasteiger partial charge in [-0.05, 0) is 108 Å². The molecule has 20 heteroatoms. The molecular weight excluding hydrogens is 781 g/mol. The Morgan fingerprint density at radius 2 is 1.66 bits per heavy atom. The highest BCUT2D eigenvalue weighted by atomic mass is 19.4. The Morgan fingerprint density at radius 1 is 1.00 bits per heavy atom. The fourth-order valence-corrected chi connectivity index (χ4v) is 7.59. The van der Waals surface area contributed by atoms with Crippen molar-refractivity contribution in [2.24, 2.45) is 0 Å². The molecule has 3 aromatic heterocycles. The molecule has 2 aromatic carbocycles. The Labute approximate surface area is 326 Å². The van der Waals surface area contributed by atoms with Crippen molar-refractivity contribution < 1.29 is 55.3 Å². The molecule has 312 valence electrons. The highest BCUT2D eigenvalue weighted by Gasteiger charge is 2.39. The van der Waals surface area contributed by atoms with E-state index in [1.807, 2.05) is 31.6 Å². The zero-order valence-electron chi connectivity index (χ0n) is 32.0. The number of nitrogens with zero attached hydrogens (tertiary/aromatic N) is 6. The van der Waals surface area contributed by atoms with Gasteiger partial charge >= 0.3 is 24.3 Å². The number of piperidine rings is 1. The Bertz CT molecular complexity index is 2350. The molecule has 0 radical (unpaired) electrons. The number of aryl methyl sites for hydroxylation is 2. The van der Waals surface area contributed by atoms with Crippen LogP contribution in [-0.2, 0) is 9.59 Å². The number of nitrogens with one attached hydrogen (secondary N) is 2.